The summed E-state index contributed by atoms with van der Waals surface area (Å²) >= 11 is 1.85. The standard InChI is InChI=1S/C61H43N3O2S/c1-4-16-52-44(9-1)48-12-7-14-50(56(48)65-52)59-62-58(63-60(64-59)51-15-8-13-49-45-10-2-5-17-53(45)66-57(49)51)42-29-40(28-41(30-42)39-21-24-47-46-11-3-6-18-54(46)67-55(47)31-39)38-19-22-43(23-20-38)61-32-35-25-36(33-61)27-37(26-35)34-61/h1-24,28-31,35-37H,25-27,32-34H2. The van der Waals surface area contributed by atoms with Crippen molar-refractivity contribution in [3.05, 3.63) is 175 Å². The van der Waals surface area contributed by atoms with Gasteiger partial charge in [0.1, 0.15) is 22.3 Å². The van der Waals surface area contributed by atoms with Crippen LogP contribution < -0.4 is 0 Å². The van der Waals surface area contributed by atoms with Gasteiger partial charge in [-0.05, 0) is 144 Å². The SMILES string of the molecule is c1ccc2c(c1)oc1c(-c3nc(-c4cc(-c5ccc(C67CC8CC(CC(C8)C6)C7)cc5)cc(-c5ccc6c(c5)sc5ccccc56)c4)nc(-c4cccc5c4oc4ccccc45)n3)cccc12. The third-order valence-corrected chi connectivity index (χ3v) is 16.8. The largest absolute Gasteiger partial charge is 0.455 e. The highest BCUT2D eigenvalue weighted by molar-refractivity contribution is 7.25. The Kier molecular flexibility index (Phi) is 8.06. The van der Waals surface area contributed by atoms with E-state index in [1.165, 1.54) is 69.8 Å². The number of thiophene rings is 1. The fraction of sp³-hybridized carbons (Fsp3) is 0.164. The second-order valence-electron chi connectivity index (χ2n) is 19.8. The maximum Gasteiger partial charge on any atom is 0.167 e. The fourth-order valence-corrected chi connectivity index (χ4v) is 14.2. The Morgan fingerprint density at radius 2 is 0.881 bits per heavy atom. The van der Waals surface area contributed by atoms with Gasteiger partial charge in [0.05, 0.1) is 11.1 Å². The Bertz CT molecular complexity index is 3820. The third kappa shape index (κ3) is 5.95. The number of nitrogens with zero attached hydrogens (tertiary/aromatic N) is 3. The van der Waals surface area contributed by atoms with Crippen LogP contribution in [0, 0.1) is 17.8 Å². The van der Waals surface area contributed by atoms with E-state index >= 15 is 0 Å². The average Bonchev–Trinajstić information content (AvgIpc) is 4.07. The van der Waals surface area contributed by atoms with E-state index in [9.17, 15) is 0 Å². The first-order valence-corrected chi connectivity index (χ1v) is 24.6. The molecule has 8 aromatic carbocycles. The summed E-state index contributed by atoms with van der Waals surface area (Å²) < 4.78 is 15.8. The molecule has 12 aromatic rings. The summed E-state index contributed by atoms with van der Waals surface area (Å²) in [6, 6.07) is 61.0. The van der Waals surface area contributed by atoms with E-state index in [4.69, 9.17) is 23.8 Å². The molecule has 67 heavy (non-hydrogen) atoms. The highest BCUT2D eigenvalue weighted by atomic mass is 32.1. The molecule has 4 aromatic heterocycles. The van der Waals surface area contributed by atoms with Crippen molar-refractivity contribution in [3.8, 4) is 56.4 Å². The second kappa shape index (κ2) is 14.3. The summed E-state index contributed by atoms with van der Waals surface area (Å²) in [6.45, 7) is 0. The van der Waals surface area contributed by atoms with Gasteiger partial charge in [0.25, 0.3) is 0 Å². The molecule has 4 aliphatic rings. The van der Waals surface area contributed by atoms with Crippen LogP contribution in [0.5, 0.6) is 0 Å². The number of hydrogen-bond acceptors (Lipinski definition) is 6. The first-order valence-electron chi connectivity index (χ1n) is 23.8. The minimum absolute atomic E-state index is 0.336. The van der Waals surface area contributed by atoms with E-state index in [-0.39, 0.29) is 0 Å². The monoisotopic (exact) mass is 881 g/mol. The predicted molar refractivity (Wildman–Crippen MR) is 274 cm³/mol. The normalized spacial score (nSPS) is 20.1. The number of benzene rings is 8. The number of hydrogen-bond donors (Lipinski definition) is 0. The first-order chi connectivity index (χ1) is 33.1. The van der Waals surface area contributed by atoms with Crippen LogP contribution in [0.25, 0.3) is 120 Å². The molecule has 0 spiro atoms. The van der Waals surface area contributed by atoms with Gasteiger partial charge in [0.15, 0.2) is 17.5 Å². The molecule has 4 fully saturated rings. The highest BCUT2D eigenvalue weighted by Crippen LogP contribution is 2.61. The number of fused-ring (bicyclic) bond motifs is 9. The topological polar surface area (TPSA) is 65.0 Å². The van der Waals surface area contributed by atoms with Gasteiger partial charge in [0.2, 0.25) is 0 Å². The van der Waals surface area contributed by atoms with Gasteiger partial charge in [-0.3, -0.25) is 0 Å². The molecule has 320 valence electrons. The summed E-state index contributed by atoms with van der Waals surface area (Å²) in [6.07, 6.45) is 8.40. The van der Waals surface area contributed by atoms with E-state index < -0.39 is 0 Å². The Hall–Kier alpha value is -7.41. The van der Waals surface area contributed by atoms with Crippen LogP contribution in [0.3, 0.4) is 0 Å². The summed E-state index contributed by atoms with van der Waals surface area (Å²) in [5.74, 6) is 4.36. The van der Waals surface area contributed by atoms with Gasteiger partial charge in [-0.2, -0.15) is 0 Å². The van der Waals surface area contributed by atoms with Gasteiger partial charge in [0, 0.05) is 47.3 Å². The second-order valence-corrected chi connectivity index (χ2v) is 20.8. The molecule has 0 radical (unpaired) electrons. The molecular weight excluding hydrogens is 839 g/mol. The Balaban J connectivity index is 0.943. The first kappa shape index (κ1) is 37.8. The Labute approximate surface area is 390 Å². The van der Waals surface area contributed by atoms with Crippen LogP contribution in [0.4, 0.5) is 0 Å². The third-order valence-electron chi connectivity index (χ3n) is 15.7. The van der Waals surface area contributed by atoms with Crippen molar-refractivity contribution >= 4 is 75.4 Å². The Morgan fingerprint density at radius 3 is 1.51 bits per heavy atom. The number of para-hydroxylation sites is 4. The van der Waals surface area contributed by atoms with Gasteiger partial charge in [-0.15, -0.1) is 11.3 Å². The smallest absolute Gasteiger partial charge is 0.167 e. The highest BCUT2D eigenvalue weighted by Gasteiger charge is 2.51. The van der Waals surface area contributed by atoms with Crippen LogP contribution in [-0.4, -0.2) is 15.0 Å². The van der Waals surface area contributed by atoms with Gasteiger partial charge >= 0.3 is 0 Å². The van der Waals surface area contributed by atoms with Crippen LogP contribution in [0.1, 0.15) is 44.1 Å². The van der Waals surface area contributed by atoms with Crippen molar-refractivity contribution in [2.45, 2.75) is 43.9 Å². The molecule has 4 saturated carbocycles. The van der Waals surface area contributed by atoms with Gasteiger partial charge in [-0.25, -0.2) is 15.0 Å². The molecule has 0 atom stereocenters. The van der Waals surface area contributed by atoms with Crippen molar-refractivity contribution in [2.24, 2.45) is 17.8 Å². The van der Waals surface area contributed by atoms with E-state index in [2.05, 4.69) is 146 Å². The average molecular weight is 882 g/mol. The molecule has 0 saturated heterocycles. The summed E-state index contributed by atoms with van der Waals surface area (Å²) in [7, 11) is 0. The molecule has 4 aliphatic carbocycles. The molecule has 0 aliphatic heterocycles. The quantitative estimate of drug-likeness (QED) is 0.166. The molecule has 0 unspecified atom stereocenters. The molecule has 4 bridgehead atoms. The van der Waals surface area contributed by atoms with Crippen LogP contribution in [0.15, 0.2) is 179 Å². The maximum absolute atomic E-state index is 6.62. The van der Waals surface area contributed by atoms with Crippen LogP contribution >= 0.6 is 11.3 Å². The van der Waals surface area contributed by atoms with Crippen molar-refractivity contribution in [3.63, 3.8) is 0 Å². The van der Waals surface area contributed by atoms with Crippen LogP contribution in [0.2, 0.25) is 0 Å². The lowest BCUT2D eigenvalue weighted by atomic mass is 9.48. The van der Waals surface area contributed by atoms with Gasteiger partial charge < -0.3 is 8.83 Å². The molecular formula is C61H43N3O2S. The lowest BCUT2D eigenvalue weighted by Crippen LogP contribution is -2.48. The minimum Gasteiger partial charge on any atom is -0.455 e. The van der Waals surface area contributed by atoms with Crippen molar-refractivity contribution < 1.29 is 8.83 Å². The number of aromatic nitrogens is 3. The zero-order valence-corrected chi connectivity index (χ0v) is 37.5. The van der Waals surface area contributed by atoms with Crippen molar-refractivity contribution in [1.82, 2.24) is 15.0 Å². The molecule has 0 N–H and O–H groups in total. The molecule has 0 amide bonds. The van der Waals surface area contributed by atoms with E-state index in [0.29, 0.717) is 22.9 Å². The zero-order valence-electron chi connectivity index (χ0n) is 36.7. The Morgan fingerprint density at radius 1 is 0.388 bits per heavy atom. The van der Waals surface area contributed by atoms with Crippen LogP contribution in [-0.2, 0) is 5.41 Å². The minimum atomic E-state index is 0.336. The summed E-state index contributed by atoms with van der Waals surface area (Å²) in [5.41, 5.74) is 12.1. The lowest BCUT2D eigenvalue weighted by molar-refractivity contribution is -0.00518. The van der Waals surface area contributed by atoms with Crippen molar-refractivity contribution in [1.29, 1.82) is 0 Å². The summed E-state index contributed by atoms with van der Waals surface area (Å²) in [5, 5.41) is 6.74. The number of rotatable bonds is 6. The molecule has 6 heteroatoms. The van der Waals surface area contributed by atoms with E-state index in [0.717, 1.165) is 95.0 Å². The predicted octanol–water partition coefficient (Wildman–Crippen LogP) is 16.8. The van der Waals surface area contributed by atoms with Gasteiger partial charge in [-0.1, -0.05) is 115 Å². The maximum atomic E-state index is 6.62. The lowest BCUT2D eigenvalue weighted by Gasteiger charge is -2.57. The molecule has 4 heterocycles. The number of furan rings is 2. The van der Waals surface area contributed by atoms with E-state index in [1.807, 2.05) is 35.6 Å². The van der Waals surface area contributed by atoms with Crippen molar-refractivity contribution in [2.75, 3.05) is 0 Å². The molecule has 5 nitrogen and oxygen atoms in total. The van der Waals surface area contributed by atoms with E-state index in [1.54, 1.807) is 0 Å². The fourth-order valence-electron chi connectivity index (χ4n) is 13.1. The molecule has 16 rings (SSSR count). The summed E-state index contributed by atoms with van der Waals surface area (Å²) in [4.78, 5) is 16.1. The zero-order chi connectivity index (χ0) is 43.8.